The van der Waals surface area contributed by atoms with Crippen LogP contribution < -0.4 is 20.1 Å². The molecule has 0 fully saturated rings. The van der Waals surface area contributed by atoms with E-state index in [0.717, 1.165) is 32.4 Å². The Morgan fingerprint density at radius 2 is 2.12 bits per heavy atom. The van der Waals surface area contributed by atoms with Crippen molar-refractivity contribution in [2.24, 2.45) is 0 Å². The molecule has 0 spiro atoms. The van der Waals surface area contributed by atoms with Gasteiger partial charge in [-0.1, -0.05) is 25.0 Å². The molecule has 2 N–H and O–H groups in total. The van der Waals surface area contributed by atoms with Crippen LogP contribution >= 0.6 is 0 Å². The van der Waals surface area contributed by atoms with E-state index in [-0.39, 0.29) is 5.91 Å². The maximum absolute atomic E-state index is 12.4. The zero-order valence-corrected chi connectivity index (χ0v) is 14.7. The van der Waals surface area contributed by atoms with Crippen LogP contribution in [0.1, 0.15) is 43.5 Å². The van der Waals surface area contributed by atoms with E-state index in [0.29, 0.717) is 36.8 Å². The molecule has 5 nitrogen and oxygen atoms in total. The zero-order valence-electron chi connectivity index (χ0n) is 14.7. The van der Waals surface area contributed by atoms with Crippen molar-refractivity contribution in [3.8, 4) is 11.5 Å². The number of nitrogens with one attached hydrogen (secondary N) is 2. The SMILES string of the molecule is CCCCOc1ccc(C(=O)NCC2=CCNCC2)cc1OCC. The second-order valence-corrected chi connectivity index (χ2v) is 5.80. The first-order chi connectivity index (χ1) is 11.7. The van der Waals surface area contributed by atoms with Gasteiger partial charge in [0.2, 0.25) is 0 Å². The standard InChI is InChI=1S/C19H28N2O3/c1-3-5-12-24-17-7-6-16(13-18(17)23-4-2)19(22)21-14-15-8-10-20-11-9-15/h6-8,13,20H,3-5,9-12,14H2,1-2H3,(H,21,22). The Morgan fingerprint density at radius 1 is 1.25 bits per heavy atom. The Labute approximate surface area is 144 Å². The Balaban J connectivity index is 1.99. The molecular formula is C19H28N2O3. The summed E-state index contributed by atoms with van der Waals surface area (Å²) in [7, 11) is 0. The van der Waals surface area contributed by atoms with Crippen LogP contribution in [0.4, 0.5) is 0 Å². The van der Waals surface area contributed by atoms with E-state index in [4.69, 9.17) is 9.47 Å². The van der Waals surface area contributed by atoms with Gasteiger partial charge in [0.05, 0.1) is 13.2 Å². The van der Waals surface area contributed by atoms with Crippen LogP contribution in [0, 0.1) is 0 Å². The number of hydrogen-bond acceptors (Lipinski definition) is 4. The van der Waals surface area contributed by atoms with Gasteiger partial charge in [0.1, 0.15) is 0 Å². The molecule has 0 radical (unpaired) electrons. The van der Waals surface area contributed by atoms with E-state index in [1.54, 1.807) is 12.1 Å². The topological polar surface area (TPSA) is 59.6 Å². The molecule has 0 atom stereocenters. The first kappa shape index (κ1) is 18.3. The molecule has 1 aliphatic rings. The number of ether oxygens (including phenoxy) is 2. The summed E-state index contributed by atoms with van der Waals surface area (Å²) in [5.41, 5.74) is 1.86. The van der Waals surface area contributed by atoms with E-state index in [9.17, 15) is 4.79 Å². The molecular weight excluding hydrogens is 304 g/mol. The molecule has 1 aromatic carbocycles. The van der Waals surface area contributed by atoms with E-state index in [1.165, 1.54) is 5.57 Å². The lowest BCUT2D eigenvalue weighted by atomic mass is 10.1. The highest BCUT2D eigenvalue weighted by molar-refractivity contribution is 5.95. The Morgan fingerprint density at radius 3 is 2.83 bits per heavy atom. The Kier molecular flexibility index (Phi) is 7.62. The van der Waals surface area contributed by atoms with E-state index >= 15 is 0 Å². The van der Waals surface area contributed by atoms with Gasteiger partial charge < -0.3 is 20.1 Å². The van der Waals surface area contributed by atoms with Gasteiger partial charge in [-0.2, -0.15) is 0 Å². The third-order valence-corrected chi connectivity index (χ3v) is 3.90. The van der Waals surface area contributed by atoms with Crippen molar-refractivity contribution in [2.75, 3.05) is 32.8 Å². The van der Waals surface area contributed by atoms with Gasteiger partial charge >= 0.3 is 0 Å². The molecule has 0 saturated carbocycles. The summed E-state index contributed by atoms with van der Waals surface area (Å²) in [6, 6.07) is 5.37. The zero-order chi connectivity index (χ0) is 17.2. The summed E-state index contributed by atoms with van der Waals surface area (Å²) in [6.45, 7) is 7.69. The highest BCUT2D eigenvalue weighted by Crippen LogP contribution is 2.28. The van der Waals surface area contributed by atoms with Gasteiger partial charge in [0, 0.05) is 18.7 Å². The van der Waals surface area contributed by atoms with Crippen LogP contribution in [0.15, 0.2) is 29.8 Å². The molecule has 24 heavy (non-hydrogen) atoms. The van der Waals surface area contributed by atoms with Crippen LogP contribution in [-0.4, -0.2) is 38.8 Å². The van der Waals surface area contributed by atoms with Crippen molar-refractivity contribution in [3.63, 3.8) is 0 Å². The average molecular weight is 332 g/mol. The van der Waals surface area contributed by atoms with Crippen molar-refractivity contribution in [3.05, 3.63) is 35.4 Å². The molecule has 0 saturated heterocycles. The van der Waals surface area contributed by atoms with Crippen LogP contribution in [0.5, 0.6) is 11.5 Å². The van der Waals surface area contributed by atoms with Gasteiger partial charge in [0.25, 0.3) is 5.91 Å². The number of carbonyl (C=O) groups is 1. The van der Waals surface area contributed by atoms with Crippen LogP contribution in [0.3, 0.4) is 0 Å². The largest absolute Gasteiger partial charge is 0.490 e. The van der Waals surface area contributed by atoms with Crippen LogP contribution in [0.2, 0.25) is 0 Å². The van der Waals surface area contributed by atoms with Crippen molar-refractivity contribution in [1.29, 1.82) is 0 Å². The number of hydrogen-bond donors (Lipinski definition) is 2. The maximum Gasteiger partial charge on any atom is 0.251 e. The number of carbonyl (C=O) groups excluding carboxylic acids is 1. The summed E-state index contributed by atoms with van der Waals surface area (Å²) in [5.74, 6) is 1.24. The van der Waals surface area contributed by atoms with Crippen molar-refractivity contribution >= 4 is 5.91 Å². The lowest BCUT2D eigenvalue weighted by molar-refractivity contribution is 0.0956. The molecule has 1 aliphatic heterocycles. The predicted molar refractivity (Wildman–Crippen MR) is 95.9 cm³/mol. The molecule has 1 aromatic rings. The first-order valence-corrected chi connectivity index (χ1v) is 8.81. The minimum atomic E-state index is -0.0875. The Bertz CT molecular complexity index is 570. The highest BCUT2D eigenvalue weighted by atomic mass is 16.5. The van der Waals surface area contributed by atoms with Crippen LogP contribution in [0.25, 0.3) is 0 Å². The van der Waals surface area contributed by atoms with E-state index < -0.39 is 0 Å². The minimum absolute atomic E-state index is 0.0875. The number of rotatable bonds is 9. The molecule has 2 rings (SSSR count). The smallest absolute Gasteiger partial charge is 0.251 e. The van der Waals surface area contributed by atoms with Crippen molar-refractivity contribution in [1.82, 2.24) is 10.6 Å². The average Bonchev–Trinajstić information content (AvgIpc) is 2.62. The fourth-order valence-electron chi connectivity index (χ4n) is 2.49. The minimum Gasteiger partial charge on any atom is -0.490 e. The summed E-state index contributed by atoms with van der Waals surface area (Å²) in [6.07, 6.45) is 5.20. The number of unbranched alkanes of at least 4 members (excludes halogenated alkanes) is 1. The second-order valence-electron chi connectivity index (χ2n) is 5.80. The summed E-state index contributed by atoms with van der Waals surface area (Å²) >= 11 is 0. The normalized spacial score (nSPS) is 14.0. The molecule has 5 heteroatoms. The van der Waals surface area contributed by atoms with Gasteiger partial charge in [-0.25, -0.2) is 0 Å². The number of benzene rings is 1. The molecule has 0 aliphatic carbocycles. The predicted octanol–water partition coefficient (Wildman–Crippen LogP) is 2.91. The first-order valence-electron chi connectivity index (χ1n) is 8.81. The molecule has 0 bridgehead atoms. The van der Waals surface area contributed by atoms with Gasteiger partial charge in [-0.15, -0.1) is 0 Å². The Hall–Kier alpha value is -2.01. The fourth-order valence-corrected chi connectivity index (χ4v) is 2.49. The highest BCUT2D eigenvalue weighted by Gasteiger charge is 2.12. The molecule has 0 unspecified atom stereocenters. The lowest BCUT2D eigenvalue weighted by Crippen LogP contribution is -2.29. The fraction of sp³-hybridized carbons (Fsp3) is 0.526. The van der Waals surface area contributed by atoms with Crippen molar-refractivity contribution < 1.29 is 14.3 Å². The third kappa shape index (κ3) is 5.57. The van der Waals surface area contributed by atoms with Gasteiger partial charge in [0.15, 0.2) is 11.5 Å². The lowest BCUT2D eigenvalue weighted by Gasteiger charge is -2.15. The summed E-state index contributed by atoms with van der Waals surface area (Å²) in [5, 5.41) is 6.24. The van der Waals surface area contributed by atoms with Gasteiger partial charge in [-0.3, -0.25) is 4.79 Å². The number of amides is 1. The van der Waals surface area contributed by atoms with Gasteiger partial charge in [-0.05, 0) is 44.5 Å². The summed E-state index contributed by atoms with van der Waals surface area (Å²) < 4.78 is 11.4. The van der Waals surface area contributed by atoms with E-state index in [1.807, 2.05) is 13.0 Å². The molecule has 1 heterocycles. The summed E-state index contributed by atoms with van der Waals surface area (Å²) in [4.78, 5) is 12.4. The second kappa shape index (κ2) is 9.98. The van der Waals surface area contributed by atoms with E-state index in [2.05, 4.69) is 23.6 Å². The maximum atomic E-state index is 12.4. The molecule has 1 amide bonds. The molecule has 0 aromatic heterocycles. The quantitative estimate of drug-likeness (QED) is 0.539. The third-order valence-electron chi connectivity index (χ3n) is 3.90. The monoisotopic (exact) mass is 332 g/mol. The van der Waals surface area contributed by atoms with Crippen molar-refractivity contribution in [2.45, 2.75) is 33.1 Å². The molecule has 132 valence electrons. The van der Waals surface area contributed by atoms with Crippen LogP contribution in [-0.2, 0) is 0 Å².